The molecule has 8 nitrogen and oxygen atoms in total. The lowest BCUT2D eigenvalue weighted by Crippen LogP contribution is -2.48. The zero-order valence-electron chi connectivity index (χ0n) is 20.0. The fourth-order valence-corrected chi connectivity index (χ4v) is 5.86. The molecule has 0 radical (unpaired) electrons. The van der Waals surface area contributed by atoms with E-state index in [-0.39, 0.29) is 0 Å². The van der Waals surface area contributed by atoms with Gasteiger partial charge in [-0.05, 0) is 60.5 Å². The van der Waals surface area contributed by atoms with Gasteiger partial charge in [-0.3, -0.25) is 9.47 Å². The van der Waals surface area contributed by atoms with Crippen molar-refractivity contribution in [2.45, 2.75) is 24.8 Å². The maximum Gasteiger partial charge on any atom is 0.243 e. The molecule has 1 fully saturated rings. The fraction of sp³-hybridized carbons (Fsp3) is 0.308. The number of aryl methyl sites for hydroxylation is 1. The van der Waals surface area contributed by atoms with Crippen molar-refractivity contribution >= 4 is 21.2 Å². The first kappa shape index (κ1) is 23.5. The number of ether oxygens (including phenoxy) is 1. The summed E-state index contributed by atoms with van der Waals surface area (Å²) in [6.07, 6.45) is 2.65. The molecule has 3 heterocycles. The van der Waals surface area contributed by atoms with E-state index >= 15 is 0 Å². The summed E-state index contributed by atoms with van der Waals surface area (Å²) in [5, 5.41) is 0. The van der Waals surface area contributed by atoms with Crippen molar-refractivity contribution in [2.24, 2.45) is 0 Å². The molecule has 0 N–H and O–H groups in total. The van der Waals surface area contributed by atoms with E-state index in [1.807, 2.05) is 48.5 Å². The number of sulfonamides is 1. The predicted molar refractivity (Wildman–Crippen MR) is 135 cm³/mol. The maximum atomic E-state index is 13.1. The van der Waals surface area contributed by atoms with Gasteiger partial charge in [-0.15, -0.1) is 0 Å². The summed E-state index contributed by atoms with van der Waals surface area (Å²) in [5.41, 5.74) is 3.71. The smallest absolute Gasteiger partial charge is 0.243 e. The maximum absolute atomic E-state index is 13.1. The number of methoxy groups -OCH3 is 1. The van der Waals surface area contributed by atoms with Crippen molar-refractivity contribution in [3.8, 4) is 11.4 Å². The number of hydrogen-bond acceptors (Lipinski definition) is 6. The second kappa shape index (κ2) is 9.77. The second-order valence-electron chi connectivity index (χ2n) is 8.59. The first-order valence-corrected chi connectivity index (χ1v) is 13.2. The Morgan fingerprint density at radius 1 is 0.943 bits per heavy atom. The van der Waals surface area contributed by atoms with Crippen LogP contribution >= 0.6 is 0 Å². The van der Waals surface area contributed by atoms with Crippen LogP contribution in [-0.4, -0.2) is 65.4 Å². The van der Waals surface area contributed by atoms with Gasteiger partial charge in [0.1, 0.15) is 17.1 Å². The third kappa shape index (κ3) is 4.67. The monoisotopic (exact) mass is 491 g/mol. The Labute approximate surface area is 205 Å². The average molecular weight is 492 g/mol. The quantitative estimate of drug-likeness (QED) is 0.394. The van der Waals surface area contributed by atoms with Gasteiger partial charge < -0.3 is 4.74 Å². The molecule has 5 rings (SSSR count). The minimum absolute atomic E-state index is 0.357. The average Bonchev–Trinajstić information content (AvgIpc) is 3.26. The molecular formula is C26H29N5O3S. The molecule has 0 saturated carbocycles. The molecular weight excluding hydrogens is 462 g/mol. The van der Waals surface area contributed by atoms with E-state index in [1.165, 1.54) is 0 Å². The topological polar surface area (TPSA) is 80.6 Å². The van der Waals surface area contributed by atoms with Crippen LogP contribution in [0, 0.1) is 0 Å². The van der Waals surface area contributed by atoms with Crippen LogP contribution in [0.25, 0.3) is 16.9 Å². The molecule has 4 aromatic rings. The van der Waals surface area contributed by atoms with Crippen LogP contribution in [0.3, 0.4) is 0 Å². The molecule has 1 aliphatic rings. The third-order valence-corrected chi connectivity index (χ3v) is 8.39. The van der Waals surface area contributed by atoms with Crippen LogP contribution in [0.15, 0.2) is 71.8 Å². The molecule has 0 unspecified atom stereocenters. The highest BCUT2D eigenvalue weighted by atomic mass is 32.2. The van der Waals surface area contributed by atoms with Crippen LogP contribution in [0.2, 0.25) is 0 Å². The molecule has 0 amide bonds. The Balaban J connectivity index is 1.34. The van der Waals surface area contributed by atoms with Crippen LogP contribution in [0.1, 0.15) is 18.3 Å². The van der Waals surface area contributed by atoms with Gasteiger partial charge >= 0.3 is 0 Å². The first-order chi connectivity index (χ1) is 17.0. The Kier molecular flexibility index (Phi) is 6.55. The number of hydrogen-bond donors (Lipinski definition) is 0. The van der Waals surface area contributed by atoms with Crippen molar-refractivity contribution in [3.05, 3.63) is 78.2 Å². The molecule has 2 aromatic heterocycles. The molecule has 35 heavy (non-hydrogen) atoms. The van der Waals surface area contributed by atoms with Crippen molar-refractivity contribution in [1.82, 2.24) is 23.7 Å². The zero-order chi connectivity index (χ0) is 24.4. The Bertz CT molecular complexity index is 1410. The van der Waals surface area contributed by atoms with E-state index in [0.29, 0.717) is 37.6 Å². The fourth-order valence-electron chi connectivity index (χ4n) is 4.44. The lowest BCUT2D eigenvalue weighted by Gasteiger charge is -2.33. The lowest BCUT2D eigenvalue weighted by atomic mass is 10.2. The standard InChI is InChI=1S/C26H29N5O3S/c1-3-20-6-12-23(13-7-20)35(32,33)30-17-15-29(16-18-30)19-25-28-24-5-4-14-27-26(24)31(25)21-8-10-22(34-2)11-9-21/h4-14H,3,15-19H2,1-2H3. The van der Waals surface area contributed by atoms with Crippen LogP contribution in [0.4, 0.5) is 0 Å². The molecule has 182 valence electrons. The van der Waals surface area contributed by atoms with Crippen molar-refractivity contribution in [3.63, 3.8) is 0 Å². The van der Waals surface area contributed by atoms with Crippen molar-refractivity contribution in [1.29, 1.82) is 0 Å². The summed E-state index contributed by atoms with van der Waals surface area (Å²) in [5.74, 6) is 1.66. The van der Waals surface area contributed by atoms with Crippen LogP contribution < -0.4 is 4.74 Å². The van der Waals surface area contributed by atoms with E-state index in [9.17, 15) is 8.42 Å². The molecule has 1 saturated heterocycles. The highest BCUT2D eigenvalue weighted by Crippen LogP contribution is 2.24. The van der Waals surface area contributed by atoms with Crippen molar-refractivity contribution in [2.75, 3.05) is 33.3 Å². The van der Waals surface area contributed by atoms with Gasteiger partial charge in [0.05, 0.1) is 18.6 Å². The van der Waals surface area contributed by atoms with Gasteiger partial charge in [0.25, 0.3) is 0 Å². The SMILES string of the molecule is CCc1ccc(S(=O)(=O)N2CCN(Cc3nc4cccnc4n3-c3ccc(OC)cc3)CC2)cc1. The van der Waals surface area contributed by atoms with E-state index in [0.717, 1.165) is 40.4 Å². The Hall–Kier alpha value is -3.27. The molecule has 0 atom stereocenters. The van der Waals surface area contributed by atoms with Gasteiger partial charge in [-0.25, -0.2) is 18.4 Å². The summed E-state index contributed by atoms with van der Waals surface area (Å²) in [7, 11) is -1.85. The normalized spacial score (nSPS) is 15.5. The second-order valence-corrected chi connectivity index (χ2v) is 10.5. The highest BCUT2D eigenvalue weighted by molar-refractivity contribution is 7.89. The van der Waals surface area contributed by atoms with Crippen LogP contribution in [0.5, 0.6) is 5.75 Å². The largest absolute Gasteiger partial charge is 0.497 e. The number of aromatic nitrogens is 3. The number of imidazole rings is 1. The van der Waals surface area contributed by atoms with Crippen molar-refractivity contribution < 1.29 is 13.2 Å². The van der Waals surface area contributed by atoms with Gasteiger partial charge in [0, 0.05) is 38.1 Å². The Morgan fingerprint density at radius 3 is 2.31 bits per heavy atom. The van der Waals surface area contributed by atoms with Gasteiger partial charge in [-0.2, -0.15) is 4.31 Å². The summed E-state index contributed by atoms with van der Waals surface area (Å²) in [6, 6.07) is 18.9. The van der Waals surface area contributed by atoms with E-state index in [4.69, 9.17) is 9.72 Å². The minimum atomic E-state index is -3.50. The number of piperazine rings is 1. The molecule has 0 spiro atoms. The summed E-state index contributed by atoms with van der Waals surface area (Å²) in [6.45, 7) is 4.80. The summed E-state index contributed by atoms with van der Waals surface area (Å²) < 4.78 is 35.2. The Morgan fingerprint density at radius 2 is 1.66 bits per heavy atom. The summed E-state index contributed by atoms with van der Waals surface area (Å²) in [4.78, 5) is 12.0. The number of pyridine rings is 1. The van der Waals surface area contributed by atoms with Gasteiger partial charge in [0.2, 0.25) is 10.0 Å². The number of fused-ring (bicyclic) bond motifs is 1. The van der Waals surface area contributed by atoms with E-state index in [2.05, 4.69) is 21.4 Å². The van der Waals surface area contributed by atoms with Gasteiger partial charge in [-0.1, -0.05) is 19.1 Å². The molecule has 1 aliphatic heterocycles. The molecule has 0 aliphatic carbocycles. The summed E-state index contributed by atoms with van der Waals surface area (Å²) >= 11 is 0. The van der Waals surface area contributed by atoms with E-state index in [1.54, 1.807) is 29.7 Å². The van der Waals surface area contributed by atoms with Gasteiger partial charge in [0.15, 0.2) is 5.65 Å². The third-order valence-electron chi connectivity index (χ3n) is 6.48. The minimum Gasteiger partial charge on any atom is -0.497 e. The molecule has 9 heteroatoms. The number of nitrogens with zero attached hydrogens (tertiary/aromatic N) is 5. The number of rotatable bonds is 7. The number of benzene rings is 2. The predicted octanol–water partition coefficient (Wildman–Crippen LogP) is 3.50. The molecule has 0 bridgehead atoms. The zero-order valence-corrected chi connectivity index (χ0v) is 20.8. The lowest BCUT2D eigenvalue weighted by molar-refractivity contribution is 0.177. The van der Waals surface area contributed by atoms with Crippen LogP contribution in [-0.2, 0) is 23.0 Å². The highest BCUT2D eigenvalue weighted by Gasteiger charge is 2.29. The van der Waals surface area contributed by atoms with E-state index < -0.39 is 10.0 Å². The molecule has 2 aromatic carbocycles. The first-order valence-electron chi connectivity index (χ1n) is 11.8.